The average molecular weight is 350 g/mol. The van der Waals surface area contributed by atoms with Gasteiger partial charge in [-0.1, -0.05) is 0 Å². The van der Waals surface area contributed by atoms with Gasteiger partial charge in [0.1, 0.15) is 0 Å². The van der Waals surface area contributed by atoms with Gasteiger partial charge in [-0.3, -0.25) is 9.69 Å². The van der Waals surface area contributed by atoms with E-state index in [1.54, 1.807) is 0 Å². The summed E-state index contributed by atoms with van der Waals surface area (Å²) in [7, 11) is 0. The molecule has 9 heteroatoms. The lowest BCUT2D eigenvalue weighted by atomic mass is 10.2. The van der Waals surface area contributed by atoms with Crippen LogP contribution in [0.15, 0.2) is 18.2 Å². The molecule has 0 bridgehead atoms. The molecule has 1 atom stereocenters. The molecular formula is C14H18ClF2N3O3. The number of fused-ring (bicyclic) bond motifs is 1. The summed E-state index contributed by atoms with van der Waals surface area (Å²) in [5.41, 5.74) is 0.396. The van der Waals surface area contributed by atoms with Crippen LogP contribution in [0.5, 0.6) is 11.5 Å². The Morgan fingerprint density at radius 3 is 2.91 bits per heavy atom. The highest BCUT2D eigenvalue weighted by molar-refractivity contribution is 5.92. The van der Waals surface area contributed by atoms with E-state index in [1.165, 1.54) is 18.2 Å². The second kappa shape index (κ2) is 6.86. The molecule has 1 aromatic carbocycles. The predicted molar refractivity (Wildman–Crippen MR) is 82.4 cm³/mol. The van der Waals surface area contributed by atoms with Crippen molar-refractivity contribution in [3.05, 3.63) is 18.2 Å². The molecule has 0 radical (unpaired) electrons. The minimum absolute atomic E-state index is 0. The number of nitrogens with one attached hydrogen (secondary N) is 2. The van der Waals surface area contributed by atoms with E-state index in [-0.39, 0.29) is 42.4 Å². The van der Waals surface area contributed by atoms with Crippen molar-refractivity contribution in [1.29, 1.82) is 0 Å². The van der Waals surface area contributed by atoms with Crippen molar-refractivity contribution in [3.63, 3.8) is 0 Å². The summed E-state index contributed by atoms with van der Waals surface area (Å²) in [5, 5.41) is 5.93. The normalized spacial score (nSPS) is 22.3. The molecule has 128 valence electrons. The Morgan fingerprint density at radius 2 is 2.17 bits per heavy atom. The van der Waals surface area contributed by atoms with Crippen LogP contribution in [0.3, 0.4) is 0 Å². The van der Waals surface area contributed by atoms with E-state index >= 15 is 0 Å². The number of hydrogen-bond donors (Lipinski definition) is 2. The van der Waals surface area contributed by atoms with Crippen molar-refractivity contribution in [3.8, 4) is 11.5 Å². The summed E-state index contributed by atoms with van der Waals surface area (Å²) in [4.78, 5) is 14.1. The number of anilines is 1. The van der Waals surface area contributed by atoms with E-state index < -0.39 is 6.29 Å². The minimum atomic E-state index is -3.65. The number of alkyl halides is 2. The number of piperazine rings is 1. The van der Waals surface area contributed by atoms with E-state index in [2.05, 4.69) is 25.0 Å². The van der Waals surface area contributed by atoms with E-state index in [1.807, 2.05) is 6.92 Å². The number of benzene rings is 1. The van der Waals surface area contributed by atoms with E-state index in [4.69, 9.17) is 0 Å². The number of rotatable bonds is 3. The van der Waals surface area contributed by atoms with Crippen LogP contribution in [0.4, 0.5) is 14.5 Å². The lowest BCUT2D eigenvalue weighted by molar-refractivity contribution is -0.286. The number of halogens is 3. The van der Waals surface area contributed by atoms with Crippen molar-refractivity contribution in [2.24, 2.45) is 0 Å². The molecule has 6 nitrogen and oxygen atoms in total. The molecular weight excluding hydrogens is 332 g/mol. The Balaban J connectivity index is 0.00000192. The summed E-state index contributed by atoms with van der Waals surface area (Å²) >= 11 is 0. The molecule has 1 amide bonds. The van der Waals surface area contributed by atoms with Crippen molar-refractivity contribution in [1.82, 2.24) is 10.2 Å². The highest BCUT2D eigenvalue weighted by atomic mass is 35.5. The lowest BCUT2D eigenvalue weighted by Gasteiger charge is -2.33. The smallest absolute Gasteiger partial charge is 0.395 e. The molecule has 0 spiro atoms. The molecule has 0 aliphatic carbocycles. The molecule has 23 heavy (non-hydrogen) atoms. The number of carbonyl (C=O) groups is 1. The van der Waals surface area contributed by atoms with Gasteiger partial charge in [0.25, 0.3) is 0 Å². The van der Waals surface area contributed by atoms with Crippen molar-refractivity contribution in [2.75, 3.05) is 31.5 Å². The van der Waals surface area contributed by atoms with Crippen LogP contribution in [0, 0.1) is 0 Å². The zero-order chi connectivity index (χ0) is 15.7. The first kappa shape index (κ1) is 17.7. The van der Waals surface area contributed by atoms with Crippen molar-refractivity contribution >= 4 is 24.0 Å². The third-order valence-corrected chi connectivity index (χ3v) is 3.67. The van der Waals surface area contributed by atoms with Gasteiger partial charge in [-0.05, 0) is 19.1 Å². The maximum atomic E-state index is 12.9. The van der Waals surface area contributed by atoms with Crippen LogP contribution in [0.2, 0.25) is 0 Å². The second-order valence-corrected chi connectivity index (χ2v) is 5.40. The van der Waals surface area contributed by atoms with Gasteiger partial charge in [-0.15, -0.1) is 21.2 Å². The third kappa shape index (κ3) is 4.21. The molecule has 3 rings (SSSR count). The van der Waals surface area contributed by atoms with Crippen LogP contribution in [0.25, 0.3) is 0 Å². The van der Waals surface area contributed by atoms with Gasteiger partial charge in [-0.25, -0.2) is 0 Å². The monoisotopic (exact) mass is 349 g/mol. The Labute approximate surface area is 138 Å². The fourth-order valence-electron chi connectivity index (χ4n) is 2.53. The molecule has 2 aliphatic heterocycles. The Kier molecular flexibility index (Phi) is 5.28. The predicted octanol–water partition coefficient (Wildman–Crippen LogP) is 1.66. The summed E-state index contributed by atoms with van der Waals surface area (Å²) in [5.74, 6) is -0.323. The maximum absolute atomic E-state index is 12.9. The molecule has 0 aromatic heterocycles. The first-order valence-corrected chi connectivity index (χ1v) is 7.07. The van der Waals surface area contributed by atoms with Crippen LogP contribution >= 0.6 is 12.4 Å². The number of nitrogens with zero attached hydrogens (tertiary/aromatic N) is 1. The van der Waals surface area contributed by atoms with Gasteiger partial charge < -0.3 is 20.1 Å². The number of hydrogen-bond acceptors (Lipinski definition) is 5. The maximum Gasteiger partial charge on any atom is 0.586 e. The standard InChI is InChI=1S/C14H17F2N3O3.ClH/c1-9-7-17-4-5-19(9)8-13(20)18-10-2-3-11-12(6-10)22-14(15,16)21-11;/h2-3,6,9,17H,4-5,7-8H2,1H3,(H,18,20);1H/t9-;/m0./s1. The Hall–Kier alpha value is -1.64. The number of carbonyl (C=O) groups excluding carboxylic acids is 1. The van der Waals surface area contributed by atoms with Gasteiger partial charge in [0, 0.05) is 37.4 Å². The average Bonchev–Trinajstić information content (AvgIpc) is 2.74. The third-order valence-electron chi connectivity index (χ3n) is 3.67. The van der Waals surface area contributed by atoms with Crippen LogP contribution < -0.4 is 20.1 Å². The zero-order valence-electron chi connectivity index (χ0n) is 12.5. The Bertz CT molecular complexity index is 588. The quantitative estimate of drug-likeness (QED) is 0.869. The summed E-state index contributed by atoms with van der Waals surface area (Å²) in [6.45, 7) is 4.78. The summed E-state index contributed by atoms with van der Waals surface area (Å²) in [6.07, 6.45) is -3.65. The van der Waals surface area contributed by atoms with Crippen molar-refractivity contribution in [2.45, 2.75) is 19.3 Å². The molecule has 1 fully saturated rings. The van der Waals surface area contributed by atoms with E-state index in [0.29, 0.717) is 5.69 Å². The summed E-state index contributed by atoms with van der Waals surface area (Å²) in [6, 6.07) is 4.45. The molecule has 0 saturated carbocycles. The molecule has 0 unspecified atom stereocenters. The van der Waals surface area contributed by atoms with Gasteiger partial charge in [0.05, 0.1) is 6.54 Å². The van der Waals surface area contributed by atoms with Crippen LogP contribution in [0.1, 0.15) is 6.92 Å². The van der Waals surface area contributed by atoms with Gasteiger partial charge >= 0.3 is 6.29 Å². The number of ether oxygens (including phenoxy) is 2. The van der Waals surface area contributed by atoms with E-state index in [0.717, 1.165) is 19.6 Å². The first-order valence-electron chi connectivity index (χ1n) is 7.07. The summed E-state index contributed by atoms with van der Waals surface area (Å²) < 4.78 is 34.5. The largest absolute Gasteiger partial charge is 0.586 e. The molecule has 2 heterocycles. The zero-order valence-corrected chi connectivity index (χ0v) is 13.3. The highest BCUT2D eigenvalue weighted by Gasteiger charge is 2.43. The van der Waals surface area contributed by atoms with Crippen molar-refractivity contribution < 1.29 is 23.0 Å². The lowest BCUT2D eigenvalue weighted by Crippen LogP contribution is -2.51. The first-order chi connectivity index (χ1) is 10.4. The van der Waals surface area contributed by atoms with Crippen LogP contribution in [-0.2, 0) is 4.79 Å². The molecule has 1 saturated heterocycles. The van der Waals surface area contributed by atoms with Gasteiger partial charge in [-0.2, -0.15) is 0 Å². The number of amides is 1. The highest BCUT2D eigenvalue weighted by Crippen LogP contribution is 2.42. The topological polar surface area (TPSA) is 62.8 Å². The fourth-order valence-corrected chi connectivity index (χ4v) is 2.53. The molecule has 1 aromatic rings. The van der Waals surface area contributed by atoms with Gasteiger partial charge in [0.15, 0.2) is 11.5 Å². The molecule has 2 N–H and O–H groups in total. The SMILES string of the molecule is C[C@H]1CNCCN1CC(=O)Nc1ccc2c(c1)OC(F)(F)O2.Cl. The molecule has 2 aliphatic rings. The second-order valence-electron chi connectivity index (χ2n) is 5.40. The Morgan fingerprint density at radius 1 is 1.43 bits per heavy atom. The van der Waals surface area contributed by atoms with Gasteiger partial charge in [0.2, 0.25) is 5.91 Å². The fraction of sp³-hybridized carbons (Fsp3) is 0.500. The van der Waals surface area contributed by atoms with Crippen LogP contribution in [-0.4, -0.2) is 49.3 Å². The minimum Gasteiger partial charge on any atom is -0.395 e. The van der Waals surface area contributed by atoms with E-state index in [9.17, 15) is 13.6 Å².